The Morgan fingerprint density at radius 3 is 2.89 bits per heavy atom. The maximum absolute atomic E-state index is 11.1. The fourth-order valence-corrected chi connectivity index (χ4v) is 3.74. The van der Waals surface area contributed by atoms with Crippen molar-refractivity contribution in [1.29, 1.82) is 0 Å². The third kappa shape index (κ3) is 2.93. The zero-order chi connectivity index (χ0) is 13.1. The highest BCUT2D eigenvalue weighted by Gasteiger charge is 2.25. The summed E-state index contributed by atoms with van der Waals surface area (Å²) in [5, 5.41) is 11.0. The molecule has 0 radical (unpaired) electrons. The molecular formula is C14H21NO2S. The van der Waals surface area contributed by atoms with Crippen molar-refractivity contribution < 1.29 is 9.90 Å². The van der Waals surface area contributed by atoms with Gasteiger partial charge in [-0.3, -0.25) is 4.90 Å². The molecule has 2 atom stereocenters. The van der Waals surface area contributed by atoms with E-state index in [1.54, 1.807) is 0 Å². The van der Waals surface area contributed by atoms with Crippen LogP contribution in [0.1, 0.15) is 47.8 Å². The maximum Gasteiger partial charge on any atom is 0.346 e. The lowest BCUT2D eigenvalue weighted by Gasteiger charge is -2.36. The summed E-state index contributed by atoms with van der Waals surface area (Å²) in [6.07, 6.45) is 5.17. The van der Waals surface area contributed by atoms with E-state index in [0.29, 0.717) is 10.9 Å². The second-order valence-electron chi connectivity index (χ2n) is 5.32. The smallest absolute Gasteiger partial charge is 0.346 e. The molecule has 1 heterocycles. The Hall–Kier alpha value is -0.870. The van der Waals surface area contributed by atoms with E-state index >= 15 is 0 Å². The Labute approximate surface area is 112 Å². The summed E-state index contributed by atoms with van der Waals surface area (Å²) in [4.78, 5) is 13.9. The molecule has 1 N–H and O–H groups in total. The van der Waals surface area contributed by atoms with Gasteiger partial charge in [0.15, 0.2) is 0 Å². The van der Waals surface area contributed by atoms with Crippen molar-refractivity contribution in [2.75, 3.05) is 7.05 Å². The van der Waals surface area contributed by atoms with Gasteiger partial charge in [0, 0.05) is 12.6 Å². The first kappa shape index (κ1) is 13.6. The SMILES string of the molecule is CC1CCCCC1N(C)Cc1ccsc1C(=O)O. The summed E-state index contributed by atoms with van der Waals surface area (Å²) in [5.74, 6) is -0.0826. The lowest BCUT2D eigenvalue weighted by Crippen LogP contribution is -2.38. The van der Waals surface area contributed by atoms with Gasteiger partial charge in [0.1, 0.15) is 4.88 Å². The molecule has 2 rings (SSSR count). The lowest BCUT2D eigenvalue weighted by atomic mass is 9.85. The average Bonchev–Trinajstić information content (AvgIpc) is 2.77. The molecule has 0 aromatic carbocycles. The van der Waals surface area contributed by atoms with E-state index in [-0.39, 0.29) is 0 Å². The minimum atomic E-state index is -0.801. The minimum Gasteiger partial charge on any atom is -0.477 e. The van der Waals surface area contributed by atoms with Crippen LogP contribution in [0.3, 0.4) is 0 Å². The Balaban J connectivity index is 2.03. The van der Waals surface area contributed by atoms with E-state index < -0.39 is 5.97 Å². The first-order valence-corrected chi connectivity index (χ1v) is 7.47. The monoisotopic (exact) mass is 267 g/mol. The molecule has 1 saturated carbocycles. The molecule has 0 aliphatic heterocycles. The van der Waals surface area contributed by atoms with Crippen molar-refractivity contribution in [3.8, 4) is 0 Å². The van der Waals surface area contributed by atoms with Crippen molar-refractivity contribution >= 4 is 17.3 Å². The van der Waals surface area contributed by atoms with Crippen LogP contribution < -0.4 is 0 Å². The summed E-state index contributed by atoms with van der Waals surface area (Å²) < 4.78 is 0. The molecule has 18 heavy (non-hydrogen) atoms. The predicted octanol–water partition coefficient (Wildman–Crippen LogP) is 3.46. The zero-order valence-electron chi connectivity index (χ0n) is 11.1. The van der Waals surface area contributed by atoms with Gasteiger partial charge < -0.3 is 5.11 Å². The Bertz CT molecular complexity index is 416. The van der Waals surface area contributed by atoms with Gasteiger partial charge in [-0.25, -0.2) is 4.79 Å². The second kappa shape index (κ2) is 5.85. The lowest BCUT2D eigenvalue weighted by molar-refractivity contribution is 0.0698. The van der Waals surface area contributed by atoms with Crippen LogP contribution >= 0.6 is 11.3 Å². The summed E-state index contributed by atoms with van der Waals surface area (Å²) in [7, 11) is 2.12. The van der Waals surface area contributed by atoms with Gasteiger partial charge in [-0.2, -0.15) is 0 Å². The number of carboxylic acid groups (broad SMARTS) is 1. The maximum atomic E-state index is 11.1. The van der Waals surface area contributed by atoms with Gasteiger partial charge in [0.05, 0.1) is 0 Å². The van der Waals surface area contributed by atoms with Crippen LogP contribution in [0.4, 0.5) is 0 Å². The number of nitrogens with zero attached hydrogens (tertiary/aromatic N) is 1. The first-order chi connectivity index (χ1) is 8.59. The van der Waals surface area contributed by atoms with E-state index in [2.05, 4.69) is 18.9 Å². The minimum absolute atomic E-state index is 0.491. The summed E-state index contributed by atoms with van der Waals surface area (Å²) in [5.41, 5.74) is 0.952. The van der Waals surface area contributed by atoms with Crippen molar-refractivity contribution in [1.82, 2.24) is 4.90 Å². The fourth-order valence-electron chi connectivity index (χ4n) is 2.99. The van der Waals surface area contributed by atoms with Gasteiger partial charge in [-0.15, -0.1) is 11.3 Å². The molecule has 4 heteroatoms. The Morgan fingerprint density at radius 1 is 1.50 bits per heavy atom. The fraction of sp³-hybridized carbons (Fsp3) is 0.643. The number of rotatable bonds is 4. The third-order valence-corrected chi connectivity index (χ3v) is 4.94. The van der Waals surface area contributed by atoms with E-state index in [0.717, 1.165) is 18.0 Å². The average molecular weight is 267 g/mol. The molecule has 1 fully saturated rings. The van der Waals surface area contributed by atoms with E-state index in [1.807, 2.05) is 11.4 Å². The van der Waals surface area contributed by atoms with Crippen molar-refractivity contribution in [3.05, 3.63) is 21.9 Å². The number of carboxylic acids is 1. The zero-order valence-corrected chi connectivity index (χ0v) is 11.9. The van der Waals surface area contributed by atoms with Gasteiger partial charge in [0.25, 0.3) is 0 Å². The quantitative estimate of drug-likeness (QED) is 0.908. The Morgan fingerprint density at radius 2 is 2.22 bits per heavy atom. The van der Waals surface area contributed by atoms with Crippen LogP contribution in [-0.4, -0.2) is 29.1 Å². The summed E-state index contributed by atoms with van der Waals surface area (Å²) >= 11 is 1.32. The third-order valence-electron chi connectivity index (χ3n) is 3.99. The number of carbonyl (C=O) groups is 1. The molecule has 0 saturated heterocycles. The van der Waals surface area contributed by atoms with E-state index in [4.69, 9.17) is 5.11 Å². The molecule has 100 valence electrons. The number of aromatic carboxylic acids is 1. The molecule has 0 bridgehead atoms. The number of hydrogen-bond acceptors (Lipinski definition) is 3. The number of hydrogen-bond donors (Lipinski definition) is 1. The van der Waals surface area contributed by atoms with Crippen LogP contribution in [0, 0.1) is 5.92 Å². The van der Waals surface area contributed by atoms with Crippen molar-refractivity contribution in [2.24, 2.45) is 5.92 Å². The van der Waals surface area contributed by atoms with Crippen LogP contribution in [0.15, 0.2) is 11.4 Å². The summed E-state index contributed by atoms with van der Waals surface area (Å²) in [6.45, 7) is 3.06. The molecule has 2 unspecified atom stereocenters. The van der Waals surface area contributed by atoms with Crippen LogP contribution in [-0.2, 0) is 6.54 Å². The van der Waals surface area contributed by atoms with Crippen LogP contribution in [0.2, 0.25) is 0 Å². The van der Waals surface area contributed by atoms with E-state index in [1.165, 1.54) is 37.0 Å². The van der Waals surface area contributed by atoms with Crippen molar-refractivity contribution in [3.63, 3.8) is 0 Å². The molecule has 0 amide bonds. The molecule has 1 aliphatic carbocycles. The molecule has 0 spiro atoms. The second-order valence-corrected chi connectivity index (χ2v) is 6.24. The highest BCUT2D eigenvalue weighted by molar-refractivity contribution is 7.12. The molecule has 3 nitrogen and oxygen atoms in total. The molecular weight excluding hydrogens is 246 g/mol. The molecule has 1 aromatic rings. The summed E-state index contributed by atoms with van der Waals surface area (Å²) in [6, 6.07) is 2.54. The van der Waals surface area contributed by atoms with E-state index in [9.17, 15) is 4.79 Å². The van der Waals surface area contributed by atoms with Gasteiger partial charge in [-0.1, -0.05) is 19.8 Å². The molecule has 1 aliphatic rings. The van der Waals surface area contributed by atoms with Crippen molar-refractivity contribution in [2.45, 2.75) is 45.2 Å². The van der Waals surface area contributed by atoms with Gasteiger partial charge in [0.2, 0.25) is 0 Å². The largest absolute Gasteiger partial charge is 0.477 e. The highest BCUT2D eigenvalue weighted by atomic mass is 32.1. The standard InChI is InChI=1S/C14H21NO2S/c1-10-5-3-4-6-12(10)15(2)9-11-7-8-18-13(11)14(16)17/h7-8,10,12H,3-6,9H2,1-2H3,(H,16,17). The van der Waals surface area contributed by atoms with Gasteiger partial charge in [-0.05, 0) is 42.8 Å². The first-order valence-electron chi connectivity index (χ1n) is 6.59. The van der Waals surface area contributed by atoms with Crippen LogP contribution in [0.5, 0.6) is 0 Å². The number of thiophene rings is 1. The topological polar surface area (TPSA) is 40.5 Å². The highest BCUT2D eigenvalue weighted by Crippen LogP contribution is 2.29. The Kier molecular flexibility index (Phi) is 4.40. The normalized spacial score (nSPS) is 24.4. The van der Waals surface area contributed by atoms with Crippen LogP contribution in [0.25, 0.3) is 0 Å². The predicted molar refractivity (Wildman–Crippen MR) is 74.2 cm³/mol. The molecule has 1 aromatic heterocycles. The van der Waals surface area contributed by atoms with Gasteiger partial charge >= 0.3 is 5.97 Å².